The summed E-state index contributed by atoms with van der Waals surface area (Å²) >= 11 is 4.22. The van der Waals surface area contributed by atoms with Crippen LogP contribution in [-0.4, -0.2) is 11.8 Å². The van der Waals surface area contributed by atoms with E-state index in [-0.39, 0.29) is 6.79 Å². The number of nitrogens with zero attached hydrogens (tertiary/aromatic N) is 1. The number of fused-ring (bicyclic) bond motifs is 1. The Labute approximate surface area is 126 Å². The zero-order chi connectivity index (χ0) is 14.2. The van der Waals surface area contributed by atoms with Gasteiger partial charge in [0.05, 0.1) is 0 Å². The Hall–Kier alpha value is -2.40. The molecule has 1 aliphatic heterocycles. The highest BCUT2D eigenvalue weighted by molar-refractivity contribution is 7.80. The zero-order valence-electron chi connectivity index (χ0n) is 10.9. The molecule has 0 amide bonds. The van der Waals surface area contributed by atoms with Gasteiger partial charge in [-0.05, 0) is 18.2 Å². The van der Waals surface area contributed by atoms with Crippen LogP contribution in [0.3, 0.4) is 0 Å². The molecule has 2 aromatic carbocycles. The first-order valence-corrected chi connectivity index (χ1v) is 6.91. The van der Waals surface area contributed by atoms with E-state index < -0.39 is 0 Å². The summed E-state index contributed by atoms with van der Waals surface area (Å²) in [7, 11) is 0. The Kier molecular flexibility index (Phi) is 2.86. The smallest absolute Gasteiger partial charge is 0.253 e. The highest BCUT2D eigenvalue weighted by Crippen LogP contribution is 2.39. The molecule has 4 rings (SSSR count). The van der Waals surface area contributed by atoms with E-state index in [1.807, 2.05) is 48.5 Å². The summed E-state index contributed by atoms with van der Waals surface area (Å²) in [6.45, 7) is 0.251. The summed E-state index contributed by atoms with van der Waals surface area (Å²) in [5.74, 6) is 2.16. The molecule has 0 bridgehead atoms. The molecule has 1 aliphatic rings. The van der Waals surface area contributed by atoms with Gasteiger partial charge in [0.15, 0.2) is 17.3 Å². The average Bonchev–Trinajstić information content (AvgIpc) is 3.13. The number of benzene rings is 2. The van der Waals surface area contributed by atoms with Crippen molar-refractivity contribution in [3.8, 4) is 34.1 Å². The Balaban J connectivity index is 1.86. The second-order valence-electron chi connectivity index (χ2n) is 4.61. The summed E-state index contributed by atoms with van der Waals surface area (Å²) < 4.78 is 16.4. The highest BCUT2D eigenvalue weighted by atomic mass is 32.1. The fourth-order valence-electron chi connectivity index (χ4n) is 2.33. The zero-order valence-corrected chi connectivity index (χ0v) is 11.8. The lowest BCUT2D eigenvalue weighted by Gasteiger charge is -2.03. The van der Waals surface area contributed by atoms with Crippen molar-refractivity contribution >= 4 is 12.6 Å². The molecule has 1 aromatic heterocycles. The Morgan fingerprint density at radius 3 is 2.57 bits per heavy atom. The molecule has 3 aromatic rings. The molecule has 0 fully saturated rings. The molecule has 104 valence electrons. The number of hydrogen-bond donors (Lipinski definition) is 1. The number of oxazole rings is 1. The summed E-state index contributed by atoms with van der Waals surface area (Å²) in [6, 6.07) is 15.5. The third-order valence-electron chi connectivity index (χ3n) is 3.30. The van der Waals surface area contributed by atoms with Gasteiger partial charge in [-0.25, -0.2) is 4.98 Å². The molecule has 0 N–H and O–H groups in total. The molecule has 0 unspecified atom stereocenters. The second-order valence-corrected chi connectivity index (χ2v) is 4.99. The van der Waals surface area contributed by atoms with E-state index in [4.69, 9.17) is 13.9 Å². The van der Waals surface area contributed by atoms with Crippen LogP contribution in [0, 0.1) is 0 Å². The Bertz CT molecular complexity index is 799. The van der Waals surface area contributed by atoms with Crippen LogP contribution in [0.4, 0.5) is 0 Å². The van der Waals surface area contributed by atoms with Crippen LogP contribution in [0.2, 0.25) is 0 Å². The van der Waals surface area contributed by atoms with E-state index in [1.165, 1.54) is 0 Å². The number of hydrogen-bond acceptors (Lipinski definition) is 5. The number of rotatable bonds is 2. The first kappa shape index (κ1) is 12.3. The molecule has 21 heavy (non-hydrogen) atoms. The van der Waals surface area contributed by atoms with E-state index >= 15 is 0 Å². The van der Waals surface area contributed by atoms with Crippen LogP contribution in [0.15, 0.2) is 58.2 Å². The third kappa shape index (κ3) is 2.15. The van der Waals surface area contributed by atoms with Crippen molar-refractivity contribution in [3.63, 3.8) is 0 Å². The predicted molar refractivity (Wildman–Crippen MR) is 80.8 cm³/mol. The molecule has 0 aliphatic carbocycles. The first-order chi connectivity index (χ1) is 10.3. The van der Waals surface area contributed by atoms with Crippen LogP contribution >= 0.6 is 12.6 Å². The van der Waals surface area contributed by atoms with Crippen LogP contribution in [-0.2, 0) is 0 Å². The molecular formula is C16H11NO3S. The SMILES string of the molecule is Sc1nc(-c2ccc3c(c2)OCO3)c(-c2ccccc2)o1. The van der Waals surface area contributed by atoms with Crippen molar-refractivity contribution in [1.29, 1.82) is 0 Å². The second kappa shape index (κ2) is 4.86. The van der Waals surface area contributed by atoms with E-state index in [9.17, 15) is 0 Å². The quantitative estimate of drug-likeness (QED) is 0.725. The maximum absolute atomic E-state index is 5.66. The van der Waals surface area contributed by atoms with Crippen molar-refractivity contribution in [1.82, 2.24) is 4.98 Å². The largest absolute Gasteiger partial charge is 0.454 e. The van der Waals surface area contributed by atoms with Gasteiger partial charge >= 0.3 is 0 Å². The molecule has 0 atom stereocenters. The highest BCUT2D eigenvalue weighted by Gasteiger charge is 2.19. The number of thiol groups is 1. The standard InChI is InChI=1S/C16H11NO3S/c21-16-17-14(15(20-16)10-4-2-1-3-5-10)11-6-7-12-13(8-11)19-9-18-12/h1-8H,9H2,(H,17,21). The van der Waals surface area contributed by atoms with Crippen LogP contribution in [0.25, 0.3) is 22.6 Å². The third-order valence-corrected chi connectivity index (χ3v) is 3.49. The monoisotopic (exact) mass is 297 g/mol. The van der Waals surface area contributed by atoms with Gasteiger partial charge in [-0.3, -0.25) is 0 Å². The maximum Gasteiger partial charge on any atom is 0.253 e. The van der Waals surface area contributed by atoms with Gasteiger partial charge in [0.25, 0.3) is 5.22 Å². The van der Waals surface area contributed by atoms with Gasteiger partial charge < -0.3 is 13.9 Å². The van der Waals surface area contributed by atoms with Crippen LogP contribution in [0.5, 0.6) is 11.5 Å². The summed E-state index contributed by atoms with van der Waals surface area (Å²) in [6.07, 6.45) is 0. The fourth-order valence-corrected chi connectivity index (χ4v) is 2.52. The predicted octanol–water partition coefficient (Wildman–Crippen LogP) is 4.03. The summed E-state index contributed by atoms with van der Waals surface area (Å²) in [4.78, 5) is 4.38. The molecular weight excluding hydrogens is 286 g/mol. The maximum atomic E-state index is 5.66. The van der Waals surface area contributed by atoms with Gasteiger partial charge in [-0.15, -0.1) is 0 Å². The van der Waals surface area contributed by atoms with E-state index in [2.05, 4.69) is 17.6 Å². The van der Waals surface area contributed by atoms with Gasteiger partial charge in [-0.2, -0.15) is 0 Å². The number of aromatic nitrogens is 1. The van der Waals surface area contributed by atoms with Crippen molar-refractivity contribution in [2.45, 2.75) is 5.22 Å². The lowest BCUT2D eigenvalue weighted by Crippen LogP contribution is -1.92. The molecule has 0 radical (unpaired) electrons. The Morgan fingerprint density at radius 2 is 1.71 bits per heavy atom. The van der Waals surface area contributed by atoms with Gasteiger partial charge in [0, 0.05) is 11.1 Å². The van der Waals surface area contributed by atoms with E-state index in [0.717, 1.165) is 28.3 Å². The molecule has 5 heteroatoms. The van der Waals surface area contributed by atoms with Gasteiger partial charge in [-0.1, -0.05) is 43.0 Å². The fraction of sp³-hybridized carbons (Fsp3) is 0.0625. The minimum atomic E-state index is 0.251. The summed E-state index contributed by atoms with van der Waals surface area (Å²) in [5.41, 5.74) is 2.60. The average molecular weight is 297 g/mol. The van der Waals surface area contributed by atoms with Crippen LogP contribution in [0.1, 0.15) is 0 Å². The van der Waals surface area contributed by atoms with Gasteiger partial charge in [0.1, 0.15) is 5.69 Å². The normalized spacial score (nSPS) is 12.6. The molecule has 0 spiro atoms. The number of ether oxygens (including phenoxy) is 2. The van der Waals surface area contributed by atoms with Crippen molar-refractivity contribution in [2.24, 2.45) is 0 Å². The van der Waals surface area contributed by atoms with Gasteiger partial charge in [0.2, 0.25) is 6.79 Å². The van der Waals surface area contributed by atoms with Crippen molar-refractivity contribution < 1.29 is 13.9 Å². The lowest BCUT2D eigenvalue weighted by molar-refractivity contribution is 0.174. The molecule has 2 heterocycles. The van der Waals surface area contributed by atoms with Crippen molar-refractivity contribution in [2.75, 3.05) is 6.79 Å². The topological polar surface area (TPSA) is 44.5 Å². The first-order valence-electron chi connectivity index (χ1n) is 6.46. The lowest BCUT2D eigenvalue weighted by atomic mass is 10.1. The van der Waals surface area contributed by atoms with Crippen molar-refractivity contribution in [3.05, 3.63) is 48.5 Å². The van der Waals surface area contributed by atoms with E-state index in [0.29, 0.717) is 11.0 Å². The minimum Gasteiger partial charge on any atom is -0.454 e. The Morgan fingerprint density at radius 1 is 0.905 bits per heavy atom. The van der Waals surface area contributed by atoms with Crippen LogP contribution < -0.4 is 9.47 Å². The summed E-state index contributed by atoms with van der Waals surface area (Å²) in [5, 5.41) is 0.335. The minimum absolute atomic E-state index is 0.251. The van der Waals surface area contributed by atoms with E-state index in [1.54, 1.807) is 0 Å². The molecule has 0 saturated heterocycles. The molecule has 4 nitrogen and oxygen atoms in total. The molecule has 0 saturated carbocycles.